The van der Waals surface area contributed by atoms with E-state index in [-0.39, 0.29) is 17.4 Å². The fourth-order valence-electron chi connectivity index (χ4n) is 2.21. The van der Waals surface area contributed by atoms with Crippen molar-refractivity contribution in [1.29, 1.82) is 0 Å². The van der Waals surface area contributed by atoms with Gasteiger partial charge in [-0.25, -0.2) is 4.39 Å². The molecule has 2 heterocycles. The number of amides is 1. The third kappa shape index (κ3) is 2.98. The van der Waals surface area contributed by atoms with Crippen LogP contribution in [0.25, 0.3) is 11.3 Å². The molecule has 2 aromatic heterocycles. The highest BCUT2D eigenvalue weighted by molar-refractivity contribution is 6.03. The van der Waals surface area contributed by atoms with Gasteiger partial charge in [-0.2, -0.15) is 5.10 Å². The molecule has 0 saturated heterocycles. The lowest BCUT2D eigenvalue weighted by Gasteiger charge is -2.02. The van der Waals surface area contributed by atoms with E-state index >= 15 is 0 Å². The molecule has 0 fully saturated rings. The first-order valence-corrected chi connectivity index (χ1v) is 7.15. The minimum absolute atomic E-state index is 0.146. The zero-order chi connectivity index (χ0) is 16.4. The van der Waals surface area contributed by atoms with Gasteiger partial charge in [0.25, 0.3) is 5.91 Å². The van der Waals surface area contributed by atoms with Crippen LogP contribution in [-0.4, -0.2) is 20.8 Å². The number of carbonyl (C=O) groups is 1. The number of hydrogen-bond acceptors (Lipinski definition) is 4. The van der Waals surface area contributed by atoms with Crippen molar-refractivity contribution in [2.75, 3.05) is 5.32 Å². The van der Waals surface area contributed by atoms with E-state index in [4.69, 9.17) is 4.52 Å². The normalized spacial score (nSPS) is 10.7. The Balaban J connectivity index is 1.78. The number of carbonyl (C=O) groups excluding carboxylic acids is 1. The van der Waals surface area contributed by atoms with Crippen molar-refractivity contribution in [3.8, 4) is 11.3 Å². The van der Waals surface area contributed by atoms with E-state index in [9.17, 15) is 9.18 Å². The number of nitrogens with zero attached hydrogens (tertiary/aromatic N) is 3. The van der Waals surface area contributed by atoms with Gasteiger partial charge in [0.05, 0.1) is 17.6 Å². The molecular weight excluding hydrogens is 299 g/mol. The second-order valence-corrected chi connectivity index (χ2v) is 5.00. The smallest absolute Gasteiger partial charge is 0.277 e. The van der Waals surface area contributed by atoms with Crippen LogP contribution in [0.4, 0.5) is 10.1 Å². The molecule has 6 nitrogen and oxygen atoms in total. The van der Waals surface area contributed by atoms with Crippen molar-refractivity contribution in [3.05, 3.63) is 53.7 Å². The lowest BCUT2D eigenvalue weighted by atomic mass is 10.1. The summed E-state index contributed by atoms with van der Waals surface area (Å²) in [5.74, 6) is -0.327. The largest absolute Gasteiger partial charge is 0.355 e. The molecule has 0 aliphatic rings. The number of benzene rings is 1. The van der Waals surface area contributed by atoms with Gasteiger partial charge in [0, 0.05) is 18.2 Å². The predicted molar refractivity (Wildman–Crippen MR) is 82.5 cm³/mol. The molecule has 7 heteroatoms. The lowest BCUT2D eigenvalue weighted by molar-refractivity contribution is 0.101. The molecule has 0 aliphatic carbocycles. The monoisotopic (exact) mass is 314 g/mol. The van der Waals surface area contributed by atoms with Crippen molar-refractivity contribution >= 4 is 11.6 Å². The van der Waals surface area contributed by atoms with Crippen molar-refractivity contribution in [1.82, 2.24) is 14.9 Å². The van der Waals surface area contributed by atoms with E-state index in [0.29, 0.717) is 17.0 Å². The Morgan fingerprint density at radius 3 is 2.74 bits per heavy atom. The minimum atomic E-state index is -0.388. The third-order valence-electron chi connectivity index (χ3n) is 3.52. The summed E-state index contributed by atoms with van der Waals surface area (Å²) >= 11 is 0. The van der Waals surface area contributed by atoms with Gasteiger partial charge >= 0.3 is 0 Å². The predicted octanol–water partition coefficient (Wildman–Crippen LogP) is 3.26. The van der Waals surface area contributed by atoms with E-state index in [2.05, 4.69) is 15.6 Å². The summed E-state index contributed by atoms with van der Waals surface area (Å²) in [4.78, 5) is 12.2. The van der Waals surface area contributed by atoms with Crippen molar-refractivity contribution in [2.45, 2.75) is 20.4 Å². The Bertz CT molecular complexity index is 836. The number of halogens is 1. The van der Waals surface area contributed by atoms with E-state index < -0.39 is 0 Å². The Morgan fingerprint density at radius 2 is 2.09 bits per heavy atom. The Labute approximate surface area is 131 Å². The van der Waals surface area contributed by atoms with E-state index in [1.54, 1.807) is 23.0 Å². The average Bonchev–Trinajstić information content (AvgIpc) is 3.16. The fourth-order valence-corrected chi connectivity index (χ4v) is 2.21. The van der Waals surface area contributed by atoms with Gasteiger partial charge in [-0.1, -0.05) is 5.16 Å². The van der Waals surface area contributed by atoms with Crippen LogP contribution in [0.3, 0.4) is 0 Å². The van der Waals surface area contributed by atoms with Crippen LogP contribution in [0.15, 0.2) is 41.1 Å². The van der Waals surface area contributed by atoms with Crippen LogP contribution in [0.1, 0.15) is 23.1 Å². The number of nitrogens with one attached hydrogen (secondary N) is 1. The van der Waals surface area contributed by atoms with Gasteiger partial charge in [0.1, 0.15) is 5.82 Å². The zero-order valence-corrected chi connectivity index (χ0v) is 12.7. The maximum Gasteiger partial charge on any atom is 0.277 e. The maximum atomic E-state index is 12.9. The molecule has 0 radical (unpaired) electrons. The molecule has 23 heavy (non-hydrogen) atoms. The Kier molecular flexibility index (Phi) is 3.92. The van der Waals surface area contributed by atoms with Crippen LogP contribution in [0.5, 0.6) is 0 Å². The van der Waals surface area contributed by atoms with Crippen LogP contribution in [0.2, 0.25) is 0 Å². The average molecular weight is 314 g/mol. The van der Waals surface area contributed by atoms with Gasteiger partial charge in [0.15, 0.2) is 11.5 Å². The van der Waals surface area contributed by atoms with Gasteiger partial charge in [-0.3, -0.25) is 9.48 Å². The first-order valence-electron chi connectivity index (χ1n) is 7.15. The lowest BCUT2D eigenvalue weighted by Crippen LogP contribution is -2.13. The summed E-state index contributed by atoms with van der Waals surface area (Å²) in [5, 5.41) is 10.7. The van der Waals surface area contributed by atoms with Crippen molar-refractivity contribution in [3.63, 3.8) is 0 Å². The van der Waals surface area contributed by atoms with E-state index in [1.165, 1.54) is 18.2 Å². The molecule has 0 spiro atoms. The summed E-state index contributed by atoms with van der Waals surface area (Å²) in [7, 11) is 0. The molecule has 1 amide bonds. The number of aromatic nitrogens is 3. The first-order chi connectivity index (χ1) is 11.1. The minimum Gasteiger partial charge on any atom is -0.355 e. The summed E-state index contributed by atoms with van der Waals surface area (Å²) in [6.07, 6.45) is 1.59. The zero-order valence-electron chi connectivity index (χ0n) is 12.7. The maximum absolute atomic E-state index is 12.9. The van der Waals surface area contributed by atoms with Crippen molar-refractivity contribution < 1.29 is 13.7 Å². The van der Waals surface area contributed by atoms with E-state index in [0.717, 1.165) is 12.2 Å². The quantitative estimate of drug-likeness (QED) is 0.802. The summed E-state index contributed by atoms with van der Waals surface area (Å²) in [5.41, 5.74) is 2.28. The molecule has 0 aliphatic heterocycles. The van der Waals surface area contributed by atoms with Gasteiger partial charge in [-0.15, -0.1) is 0 Å². The molecule has 3 rings (SSSR count). The Hall–Kier alpha value is -2.96. The molecule has 1 aromatic carbocycles. The van der Waals surface area contributed by atoms with Crippen LogP contribution >= 0.6 is 0 Å². The highest BCUT2D eigenvalue weighted by Gasteiger charge is 2.16. The Morgan fingerprint density at radius 1 is 1.35 bits per heavy atom. The van der Waals surface area contributed by atoms with Gasteiger partial charge in [-0.05, 0) is 38.1 Å². The molecule has 3 aromatic rings. The standard InChI is InChI=1S/C16H15FN4O2/c1-3-21-10(2)14(9-18-21)19-16(22)13-8-15(23-20-13)11-4-6-12(17)7-5-11/h4-9H,3H2,1-2H3,(H,19,22). The number of rotatable bonds is 4. The molecule has 0 atom stereocenters. The highest BCUT2D eigenvalue weighted by atomic mass is 19.1. The van der Waals surface area contributed by atoms with Gasteiger partial charge in [0.2, 0.25) is 0 Å². The van der Waals surface area contributed by atoms with E-state index in [1.807, 2.05) is 13.8 Å². The summed E-state index contributed by atoms with van der Waals surface area (Å²) in [6.45, 7) is 4.57. The van der Waals surface area contributed by atoms with Crippen LogP contribution in [0, 0.1) is 12.7 Å². The number of hydrogen-bond donors (Lipinski definition) is 1. The SMILES string of the molecule is CCn1ncc(NC(=O)c2cc(-c3ccc(F)cc3)on2)c1C. The molecule has 0 unspecified atom stereocenters. The molecule has 0 saturated carbocycles. The van der Waals surface area contributed by atoms with Crippen molar-refractivity contribution in [2.24, 2.45) is 0 Å². The topological polar surface area (TPSA) is 73.0 Å². The van der Waals surface area contributed by atoms with Gasteiger partial charge < -0.3 is 9.84 Å². The second kappa shape index (κ2) is 6.04. The number of anilines is 1. The van der Waals surface area contributed by atoms with Crippen LogP contribution in [-0.2, 0) is 6.54 Å². The summed E-state index contributed by atoms with van der Waals surface area (Å²) < 4.78 is 19.9. The van der Waals surface area contributed by atoms with Crippen LogP contribution < -0.4 is 5.32 Å². The molecular formula is C16H15FN4O2. The fraction of sp³-hybridized carbons (Fsp3) is 0.188. The first kappa shape index (κ1) is 15.0. The summed E-state index contributed by atoms with van der Waals surface area (Å²) in [6, 6.07) is 7.28. The molecule has 118 valence electrons. The highest BCUT2D eigenvalue weighted by Crippen LogP contribution is 2.21. The molecule has 0 bridgehead atoms. The third-order valence-corrected chi connectivity index (χ3v) is 3.52. The number of aryl methyl sites for hydroxylation is 1. The second-order valence-electron chi connectivity index (χ2n) is 5.00. The molecule has 1 N–H and O–H groups in total.